The van der Waals surface area contributed by atoms with E-state index in [2.05, 4.69) is 38.1 Å². The van der Waals surface area contributed by atoms with E-state index in [1.165, 1.54) is 29.6 Å². The zero-order valence-electron chi connectivity index (χ0n) is 29.2. The number of likely N-dealkylation sites (N-methyl/N-ethyl adjacent to an activating group) is 1. The maximum absolute atomic E-state index is 13.5. The number of ether oxygens (including phenoxy) is 3. The summed E-state index contributed by atoms with van der Waals surface area (Å²) in [7, 11) is -13.9. The van der Waals surface area contributed by atoms with E-state index in [1.807, 2.05) is 0 Å². The molecule has 5 unspecified atom stereocenters. The van der Waals surface area contributed by atoms with Gasteiger partial charge in [-0.15, -0.1) is 0 Å². The number of phosphoric acid groups is 3. The van der Waals surface area contributed by atoms with Crippen molar-refractivity contribution in [2.45, 2.75) is 48.6 Å². The van der Waals surface area contributed by atoms with Gasteiger partial charge >= 0.3 is 29.1 Å². The minimum atomic E-state index is -6.09. The van der Waals surface area contributed by atoms with Gasteiger partial charge in [0.05, 0.1) is 26.6 Å². The number of nitrogens with one attached hydrogen (secondary N) is 2. The second-order valence-corrected chi connectivity index (χ2v) is 17.3. The van der Waals surface area contributed by atoms with Crippen LogP contribution in [0.1, 0.15) is 12.5 Å². The van der Waals surface area contributed by atoms with E-state index in [-0.39, 0.29) is 34.2 Å². The van der Waals surface area contributed by atoms with Crippen LogP contribution in [0.4, 0.5) is 11.9 Å². The molecule has 0 spiro atoms. The number of carbonyl (C=O) groups is 1. The molecule has 3 fully saturated rings. The molecule has 3 aliphatic heterocycles. The monoisotopic (exact) mass is 872 g/mol. The maximum atomic E-state index is 13.5. The molecule has 4 aromatic rings. The van der Waals surface area contributed by atoms with Crippen molar-refractivity contribution >= 4 is 63.6 Å². The average molecular weight is 873 g/mol. The predicted octanol–water partition coefficient (Wildman–Crippen LogP) is -4.11. The number of nitrogen functional groups attached to an aromatic ring is 2. The minimum absolute atomic E-state index is 0.0244. The Hall–Kier alpha value is -4.06. The van der Waals surface area contributed by atoms with Gasteiger partial charge in [0.15, 0.2) is 29.8 Å². The number of fused-ring (bicyclic) bond motifs is 4. The van der Waals surface area contributed by atoms with Gasteiger partial charge in [0.1, 0.15) is 24.4 Å². The number of anilines is 2. The fourth-order valence-corrected chi connectivity index (χ4v) is 10.1. The Kier molecular flexibility index (Phi) is 10.3. The number of hydrogen-bond donors (Lipinski definition) is 9. The molecule has 33 heteroatoms. The molecule has 1 amide bonds. The lowest BCUT2D eigenvalue weighted by Gasteiger charge is -2.39. The number of hydroxylamine groups is 2. The zero-order valence-corrected chi connectivity index (χ0v) is 31.9. The summed E-state index contributed by atoms with van der Waals surface area (Å²) < 4.78 is 76.9. The number of aliphatic hydroxyl groups is 2. The summed E-state index contributed by atoms with van der Waals surface area (Å²) >= 11 is 0. The van der Waals surface area contributed by atoms with Gasteiger partial charge in [-0.25, -0.2) is 28.3 Å². The van der Waals surface area contributed by atoms with Gasteiger partial charge in [-0.2, -0.15) is 13.6 Å². The van der Waals surface area contributed by atoms with E-state index >= 15 is 0 Å². The van der Waals surface area contributed by atoms with Crippen molar-refractivity contribution in [3.63, 3.8) is 0 Å². The topological polar surface area (TPSA) is 417 Å². The third-order valence-electron chi connectivity index (χ3n) is 8.93. The summed E-state index contributed by atoms with van der Waals surface area (Å²) in [5, 5.41) is 21.8. The number of hydrogen-bond acceptors (Lipinski definition) is 21. The van der Waals surface area contributed by atoms with Gasteiger partial charge in [0, 0.05) is 14.2 Å². The van der Waals surface area contributed by atoms with Crippen LogP contribution in [0.25, 0.3) is 22.3 Å². The number of amides is 1. The van der Waals surface area contributed by atoms with Gasteiger partial charge in [-0.1, -0.05) is 4.98 Å². The summed E-state index contributed by atoms with van der Waals surface area (Å²) in [5.41, 5.74) is 7.25. The van der Waals surface area contributed by atoms with Crippen molar-refractivity contribution in [1.82, 2.24) is 39.1 Å². The lowest BCUT2D eigenvalue weighted by Crippen LogP contribution is -2.63. The Balaban J connectivity index is 1.02. The molecule has 312 valence electrons. The molecule has 7 heterocycles. The first kappa shape index (κ1) is 41.1. The third kappa shape index (κ3) is 7.33. The van der Waals surface area contributed by atoms with Crippen LogP contribution in [0.15, 0.2) is 22.2 Å². The molecule has 3 saturated heterocycles. The number of phosphoric ester groups is 2. The Morgan fingerprint density at radius 2 is 1.61 bits per heavy atom. The number of aromatic amines is 2. The van der Waals surface area contributed by atoms with E-state index in [0.717, 1.165) is 18.0 Å². The van der Waals surface area contributed by atoms with Crippen molar-refractivity contribution < 1.29 is 84.7 Å². The number of H-pyrrole nitrogens is 2. The molecule has 2 bridgehead atoms. The summed E-state index contributed by atoms with van der Waals surface area (Å²) in [6.45, 7) is -2.35. The van der Waals surface area contributed by atoms with Gasteiger partial charge in [-0.3, -0.25) is 47.4 Å². The number of methoxy groups -OCH3 is 1. The van der Waals surface area contributed by atoms with Crippen molar-refractivity contribution in [3.05, 3.63) is 33.4 Å². The first-order valence-electron chi connectivity index (χ1n) is 15.9. The highest BCUT2D eigenvalue weighted by Crippen LogP contribution is 2.68. The molecule has 3 aliphatic rings. The van der Waals surface area contributed by atoms with Crippen LogP contribution in [0.5, 0.6) is 0 Å². The number of nitrogens with zero attached hydrogens (tertiary/aromatic N) is 7. The van der Waals surface area contributed by atoms with Gasteiger partial charge < -0.3 is 50.6 Å². The Morgan fingerprint density at radius 3 is 2.30 bits per heavy atom. The van der Waals surface area contributed by atoms with Crippen LogP contribution in [0.3, 0.4) is 0 Å². The van der Waals surface area contributed by atoms with Crippen LogP contribution >= 0.6 is 23.5 Å². The Morgan fingerprint density at radius 1 is 0.965 bits per heavy atom. The first-order valence-corrected chi connectivity index (χ1v) is 20.4. The van der Waals surface area contributed by atoms with Crippen LogP contribution in [-0.4, -0.2) is 133 Å². The molecule has 0 aromatic carbocycles. The molecule has 0 radical (unpaired) electrons. The second kappa shape index (κ2) is 14.3. The smallest absolute Gasteiger partial charge is 0.387 e. The molecular formula is C24H33N11O19P3+. The largest absolute Gasteiger partial charge is 0.490 e. The first-order chi connectivity index (χ1) is 26.6. The number of imidazole rings is 2. The molecule has 4 aromatic heterocycles. The summed E-state index contributed by atoms with van der Waals surface area (Å²) in [5.74, 6) is -1.61. The lowest BCUT2D eigenvalue weighted by molar-refractivity contribution is -0.747. The highest BCUT2D eigenvalue weighted by molar-refractivity contribution is 7.66. The molecule has 11 N–H and O–H groups in total. The van der Waals surface area contributed by atoms with Crippen LogP contribution in [0, 0.1) is 0 Å². The van der Waals surface area contributed by atoms with Crippen LogP contribution < -0.4 is 27.2 Å². The molecule has 11 atom stereocenters. The third-order valence-corrected chi connectivity index (χ3v) is 13.2. The van der Waals surface area contributed by atoms with E-state index in [0.29, 0.717) is 5.06 Å². The van der Waals surface area contributed by atoms with Gasteiger partial charge in [0.25, 0.3) is 23.0 Å². The molecular weight excluding hydrogens is 839 g/mol. The number of aromatic nitrogens is 8. The summed E-state index contributed by atoms with van der Waals surface area (Å²) in [4.78, 5) is 91.2. The van der Waals surface area contributed by atoms with E-state index in [9.17, 15) is 53.0 Å². The van der Waals surface area contributed by atoms with E-state index in [4.69, 9.17) is 35.0 Å². The molecule has 57 heavy (non-hydrogen) atoms. The molecule has 30 nitrogen and oxygen atoms in total. The fraction of sp³-hybridized carbons (Fsp3) is 0.542. The van der Waals surface area contributed by atoms with Crippen LogP contribution in [-0.2, 0) is 62.3 Å². The van der Waals surface area contributed by atoms with Crippen LogP contribution in [0.2, 0.25) is 0 Å². The number of carbonyl (C=O) groups excluding carboxylic acids is 1. The number of nitrogens with two attached hydrogens (primary N) is 2. The fourth-order valence-electron chi connectivity index (χ4n) is 6.61. The number of rotatable bonds is 13. The van der Waals surface area contributed by atoms with E-state index in [1.54, 1.807) is 0 Å². The SMILES string of the molecule is CO[C@@H]1C2ON(C)C(=O)[C@]1(COP(=O)(O)OP(=O)(O)OP(=O)(O)OC[C@H]1O[C@@H](n3cnc4c(=O)[nH]c(N)nc43)[C@@H](O)C1O)O[C@H]2[n+]1cn(C)c2c(=O)[nH]c(N)nc21. The number of aliphatic hydroxyl groups excluding tert-OH is 2. The molecule has 7 rings (SSSR count). The highest BCUT2D eigenvalue weighted by atomic mass is 31.3. The van der Waals surface area contributed by atoms with Gasteiger partial charge in [-0.05, 0) is 0 Å². The van der Waals surface area contributed by atoms with Gasteiger partial charge in [0.2, 0.25) is 23.3 Å². The predicted molar refractivity (Wildman–Crippen MR) is 179 cm³/mol. The minimum Gasteiger partial charge on any atom is -0.387 e. The standard InChI is InChI=1S/C24H32N11O19P3/c1-32-7-35(16-10(32)18(39)31-23(26)29-16)20-13-14(47-3)24(51-20,21(40)33(2)52-13)5-49-56(43,44)54-57(45,46)53-55(41,42)48-4-8-11(36)12(37)19(50-8)34-6-27-9-15(34)28-22(25)30-17(9)38/h6-8,11-14,19-20,36-37H,4-5H2,1-3H3,(H8-,25,26,28,29,30,31,38,39,41,42,43,44,45,46)/p+1/t8-,11?,12+,13?,14-,19-,20-,24-/m1/s1. The Labute approximate surface area is 315 Å². The normalized spacial score (nSPS) is 30.8. The second-order valence-electron chi connectivity index (χ2n) is 12.6. The van der Waals surface area contributed by atoms with Crippen molar-refractivity contribution in [3.8, 4) is 0 Å². The van der Waals surface area contributed by atoms with E-state index < -0.39 is 102 Å². The average Bonchev–Trinajstić information content (AvgIpc) is 3.81. The number of aryl methyl sites for hydroxylation is 1. The highest BCUT2D eigenvalue weighted by Gasteiger charge is 2.69. The molecule has 0 aliphatic carbocycles. The van der Waals surface area contributed by atoms with Crippen molar-refractivity contribution in [1.29, 1.82) is 0 Å². The maximum Gasteiger partial charge on any atom is 0.490 e. The zero-order chi connectivity index (χ0) is 41.6. The van der Waals surface area contributed by atoms with Crippen molar-refractivity contribution in [2.24, 2.45) is 7.05 Å². The van der Waals surface area contributed by atoms with Crippen molar-refractivity contribution in [2.75, 3.05) is 38.8 Å². The Bertz CT molecular complexity index is 2530. The molecule has 0 saturated carbocycles. The summed E-state index contributed by atoms with van der Waals surface area (Å²) in [6, 6.07) is 0. The summed E-state index contributed by atoms with van der Waals surface area (Å²) in [6.07, 6.45) is -8.38. The lowest BCUT2D eigenvalue weighted by atomic mass is 9.93. The quantitative estimate of drug-likeness (QED) is 0.0455.